The van der Waals surface area contributed by atoms with Crippen LogP contribution in [0, 0.1) is 5.82 Å². The smallest absolute Gasteiger partial charge is 0.194 e. The summed E-state index contributed by atoms with van der Waals surface area (Å²) in [6, 6.07) is 8.28. The Morgan fingerprint density at radius 2 is 2.12 bits per heavy atom. The number of hydrogen-bond acceptors (Lipinski definition) is 4. The first-order valence-corrected chi connectivity index (χ1v) is 8.49. The predicted octanol–water partition coefficient (Wildman–Crippen LogP) is 2.74. The molecule has 25 heavy (non-hydrogen) atoms. The van der Waals surface area contributed by atoms with Crippen molar-refractivity contribution in [2.24, 2.45) is 4.99 Å². The van der Waals surface area contributed by atoms with Crippen LogP contribution in [0.25, 0.3) is 0 Å². The van der Waals surface area contributed by atoms with Gasteiger partial charge in [0.2, 0.25) is 0 Å². The van der Waals surface area contributed by atoms with Gasteiger partial charge < -0.3 is 19.5 Å². The highest BCUT2D eigenvalue weighted by Gasteiger charge is 2.28. The summed E-state index contributed by atoms with van der Waals surface area (Å²) in [7, 11) is 0. The molecule has 1 aliphatic rings. The number of hydrogen-bond donors (Lipinski definition) is 1. The van der Waals surface area contributed by atoms with E-state index in [1.54, 1.807) is 24.5 Å². The molecule has 0 radical (unpaired) electrons. The van der Waals surface area contributed by atoms with Crippen molar-refractivity contribution in [3.63, 3.8) is 0 Å². The molecule has 6 nitrogen and oxygen atoms in total. The second-order valence-electron chi connectivity index (χ2n) is 6.05. The van der Waals surface area contributed by atoms with Gasteiger partial charge >= 0.3 is 0 Å². The number of guanidine groups is 1. The molecular weight excluding hydrogens is 323 g/mol. The standard InChI is InChI=1S/C18H23FN4O2/c1-3-20-18(21-10-16-8-9-24-22-16)23-11-13(2)25-17(12-23)14-4-6-15(19)7-5-14/h4-9,13,17H,3,10-12H2,1-2H3,(H,20,21). The van der Waals surface area contributed by atoms with Gasteiger partial charge in [-0.15, -0.1) is 0 Å². The Hall–Kier alpha value is -2.41. The van der Waals surface area contributed by atoms with Gasteiger partial charge in [-0.05, 0) is 31.5 Å². The molecule has 2 aromatic rings. The van der Waals surface area contributed by atoms with E-state index in [0.717, 1.165) is 30.3 Å². The summed E-state index contributed by atoms with van der Waals surface area (Å²) in [4.78, 5) is 6.82. The van der Waals surface area contributed by atoms with E-state index >= 15 is 0 Å². The van der Waals surface area contributed by atoms with Crippen LogP contribution in [-0.4, -0.2) is 41.8 Å². The van der Waals surface area contributed by atoms with Crippen LogP contribution in [0.2, 0.25) is 0 Å². The molecule has 1 aromatic carbocycles. The molecule has 1 saturated heterocycles. The largest absolute Gasteiger partial charge is 0.367 e. The summed E-state index contributed by atoms with van der Waals surface area (Å²) in [5.74, 6) is 0.569. The van der Waals surface area contributed by atoms with Crippen molar-refractivity contribution in [2.45, 2.75) is 32.6 Å². The van der Waals surface area contributed by atoms with Gasteiger partial charge in [-0.25, -0.2) is 9.38 Å². The fourth-order valence-electron chi connectivity index (χ4n) is 2.89. The molecule has 2 heterocycles. The summed E-state index contributed by atoms with van der Waals surface area (Å²) >= 11 is 0. The normalized spacial score (nSPS) is 21.4. The van der Waals surface area contributed by atoms with E-state index in [1.165, 1.54) is 12.1 Å². The number of rotatable bonds is 4. The maximum absolute atomic E-state index is 13.2. The average Bonchev–Trinajstić information content (AvgIpc) is 3.12. The number of aromatic nitrogens is 1. The van der Waals surface area contributed by atoms with Gasteiger partial charge in [0, 0.05) is 19.2 Å². The minimum absolute atomic E-state index is 0.0414. The molecule has 0 aliphatic carbocycles. The zero-order valence-corrected chi connectivity index (χ0v) is 14.5. The topological polar surface area (TPSA) is 62.9 Å². The molecule has 1 fully saturated rings. The van der Waals surface area contributed by atoms with Crippen LogP contribution in [0.5, 0.6) is 0 Å². The van der Waals surface area contributed by atoms with E-state index in [4.69, 9.17) is 9.26 Å². The number of benzene rings is 1. The van der Waals surface area contributed by atoms with Gasteiger partial charge in [0.15, 0.2) is 5.96 Å². The van der Waals surface area contributed by atoms with E-state index in [-0.39, 0.29) is 18.0 Å². The summed E-state index contributed by atoms with van der Waals surface area (Å²) in [5, 5.41) is 7.21. The summed E-state index contributed by atoms with van der Waals surface area (Å²) in [5.41, 5.74) is 1.75. The fourth-order valence-corrected chi connectivity index (χ4v) is 2.89. The second-order valence-corrected chi connectivity index (χ2v) is 6.05. The quantitative estimate of drug-likeness (QED) is 0.681. The third kappa shape index (κ3) is 4.57. The number of nitrogens with zero attached hydrogens (tertiary/aromatic N) is 3. The van der Waals surface area contributed by atoms with Crippen molar-refractivity contribution >= 4 is 5.96 Å². The van der Waals surface area contributed by atoms with Gasteiger partial charge in [0.05, 0.1) is 19.2 Å². The maximum Gasteiger partial charge on any atom is 0.194 e. The SMILES string of the molecule is CCNC(=NCc1ccon1)N1CC(C)OC(c2ccc(F)cc2)C1. The van der Waals surface area contributed by atoms with Crippen LogP contribution in [0.15, 0.2) is 46.1 Å². The van der Waals surface area contributed by atoms with E-state index in [9.17, 15) is 4.39 Å². The molecule has 1 aliphatic heterocycles. The third-order valence-corrected chi connectivity index (χ3v) is 4.02. The van der Waals surface area contributed by atoms with E-state index in [0.29, 0.717) is 13.1 Å². The first-order valence-electron chi connectivity index (χ1n) is 8.49. The van der Waals surface area contributed by atoms with Crippen molar-refractivity contribution in [1.82, 2.24) is 15.4 Å². The molecule has 2 unspecified atom stereocenters. The van der Waals surface area contributed by atoms with Crippen molar-refractivity contribution in [2.75, 3.05) is 19.6 Å². The average molecular weight is 346 g/mol. The molecule has 134 valence electrons. The van der Waals surface area contributed by atoms with Crippen molar-refractivity contribution in [1.29, 1.82) is 0 Å². The number of halogens is 1. The minimum Gasteiger partial charge on any atom is -0.367 e. The van der Waals surface area contributed by atoms with E-state index < -0.39 is 0 Å². The highest BCUT2D eigenvalue weighted by molar-refractivity contribution is 5.80. The number of aliphatic imine (C=N–C) groups is 1. The van der Waals surface area contributed by atoms with Crippen LogP contribution >= 0.6 is 0 Å². The zero-order chi connectivity index (χ0) is 17.6. The lowest BCUT2D eigenvalue weighted by Crippen LogP contribution is -2.50. The number of nitrogens with one attached hydrogen (secondary N) is 1. The molecule has 0 saturated carbocycles. The molecule has 0 bridgehead atoms. The number of morpholine rings is 1. The van der Waals surface area contributed by atoms with E-state index in [2.05, 4.69) is 20.4 Å². The molecule has 0 spiro atoms. The predicted molar refractivity (Wildman–Crippen MR) is 92.6 cm³/mol. The van der Waals surface area contributed by atoms with Crippen LogP contribution < -0.4 is 5.32 Å². The molecular formula is C18H23FN4O2. The third-order valence-electron chi connectivity index (χ3n) is 4.02. The Morgan fingerprint density at radius 3 is 2.80 bits per heavy atom. The molecule has 3 rings (SSSR count). The Kier molecular flexibility index (Phi) is 5.65. The monoisotopic (exact) mass is 346 g/mol. The first-order chi connectivity index (χ1) is 12.2. The minimum atomic E-state index is -0.244. The van der Waals surface area contributed by atoms with E-state index in [1.807, 2.05) is 13.8 Å². The molecule has 7 heteroatoms. The Labute approximate surface area is 146 Å². The second kappa shape index (κ2) is 8.11. The van der Waals surface area contributed by atoms with Crippen LogP contribution in [0.3, 0.4) is 0 Å². The maximum atomic E-state index is 13.2. The summed E-state index contributed by atoms with van der Waals surface area (Å²) in [6.07, 6.45) is 1.46. The highest BCUT2D eigenvalue weighted by Crippen LogP contribution is 2.25. The van der Waals surface area contributed by atoms with Gasteiger partial charge in [-0.2, -0.15) is 0 Å². The molecule has 1 aromatic heterocycles. The summed E-state index contributed by atoms with van der Waals surface area (Å²) in [6.45, 7) is 6.68. The Morgan fingerprint density at radius 1 is 1.32 bits per heavy atom. The molecule has 2 atom stereocenters. The van der Waals surface area contributed by atoms with Gasteiger partial charge in [0.25, 0.3) is 0 Å². The van der Waals surface area contributed by atoms with Crippen molar-refractivity contribution in [3.05, 3.63) is 53.7 Å². The Bertz CT molecular complexity index is 688. The van der Waals surface area contributed by atoms with Gasteiger partial charge in [-0.1, -0.05) is 17.3 Å². The lowest BCUT2D eigenvalue weighted by Gasteiger charge is -2.38. The van der Waals surface area contributed by atoms with Crippen molar-refractivity contribution < 1.29 is 13.7 Å². The molecule has 1 N–H and O–H groups in total. The fraction of sp³-hybridized carbons (Fsp3) is 0.444. The first kappa shape index (κ1) is 17.4. The molecule has 0 amide bonds. The van der Waals surface area contributed by atoms with Gasteiger partial charge in [0.1, 0.15) is 23.9 Å². The van der Waals surface area contributed by atoms with Crippen LogP contribution in [0.4, 0.5) is 4.39 Å². The number of ether oxygens (including phenoxy) is 1. The zero-order valence-electron chi connectivity index (χ0n) is 14.5. The van der Waals surface area contributed by atoms with Gasteiger partial charge in [-0.3, -0.25) is 0 Å². The van der Waals surface area contributed by atoms with Crippen LogP contribution in [-0.2, 0) is 11.3 Å². The summed E-state index contributed by atoms with van der Waals surface area (Å²) < 4.78 is 24.1. The van der Waals surface area contributed by atoms with Crippen molar-refractivity contribution in [3.8, 4) is 0 Å². The van der Waals surface area contributed by atoms with Crippen LogP contribution in [0.1, 0.15) is 31.2 Å². The Balaban J connectivity index is 1.75. The lowest BCUT2D eigenvalue weighted by molar-refractivity contribution is -0.0605. The highest BCUT2D eigenvalue weighted by atomic mass is 19.1. The lowest BCUT2D eigenvalue weighted by atomic mass is 10.1.